The molecule has 3 rings (SSSR count). The molecule has 0 saturated carbocycles. The molecule has 79 valence electrons. The first-order chi connectivity index (χ1) is 7.84. The maximum atomic E-state index is 11.4. The molecule has 0 spiro atoms. The molecule has 3 nitrogen and oxygen atoms in total. The van der Waals surface area contributed by atoms with Crippen LogP contribution in [0, 0.1) is 5.88 Å². The van der Waals surface area contributed by atoms with E-state index in [1.807, 2.05) is 36.5 Å². The molecule has 0 bridgehead atoms. The summed E-state index contributed by atoms with van der Waals surface area (Å²) in [5, 5.41) is 3.79. The van der Waals surface area contributed by atoms with Crippen LogP contribution in [0.1, 0.15) is 5.56 Å². The topological polar surface area (TPSA) is 44.9 Å². The third kappa shape index (κ3) is 1.51. The van der Waals surface area contributed by atoms with Crippen molar-refractivity contribution in [3.8, 4) is 0 Å². The van der Waals surface area contributed by atoms with Crippen LogP contribution < -0.4 is 5.32 Å². The van der Waals surface area contributed by atoms with Crippen LogP contribution in [0.15, 0.2) is 35.4 Å². The van der Waals surface area contributed by atoms with Crippen LogP contribution in [-0.4, -0.2) is 10.9 Å². The average molecular weight is 229 g/mol. The first-order valence-corrected chi connectivity index (χ1v) is 5.79. The van der Waals surface area contributed by atoms with Crippen molar-refractivity contribution in [2.24, 2.45) is 0 Å². The van der Waals surface area contributed by atoms with Gasteiger partial charge in [-0.1, -0.05) is 30.0 Å². The molecule has 1 aliphatic heterocycles. The Morgan fingerprint density at radius 1 is 1.25 bits per heavy atom. The average Bonchev–Trinajstić information content (AvgIpc) is 2.88. The fraction of sp³-hybridized carbons (Fsp3) is 0. The number of fused-ring (bicyclic) bond motifs is 1. The highest BCUT2D eigenvalue weighted by Crippen LogP contribution is 2.28. The fourth-order valence-corrected chi connectivity index (χ4v) is 2.38. The van der Waals surface area contributed by atoms with Crippen molar-refractivity contribution in [2.45, 2.75) is 0 Å². The summed E-state index contributed by atoms with van der Waals surface area (Å²) in [5.41, 5.74) is 2.13. The van der Waals surface area contributed by atoms with Crippen molar-refractivity contribution in [2.75, 3.05) is 0 Å². The zero-order valence-corrected chi connectivity index (χ0v) is 9.17. The third-order valence-corrected chi connectivity index (χ3v) is 3.30. The van der Waals surface area contributed by atoms with Crippen LogP contribution in [-0.2, 0) is 4.79 Å². The molecule has 0 atom stereocenters. The Morgan fingerprint density at radius 2 is 2.12 bits per heavy atom. The number of nitrogens with one attached hydrogen (secondary N) is 2. The molecular formula is C12H9N2OS. The van der Waals surface area contributed by atoms with Crippen molar-refractivity contribution < 1.29 is 4.79 Å². The normalized spacial score (nSPS) is 18.2. The summed E-state index contributed by atoms with van der Waals surface area (Å²) in [6.45, 7) is 0. The molecule has 4 heteroatoms. The summed E-state index contributed by atoms with van der Waals surface area (Å²) >= 11 is 1.42. The molecule has 1 amide bonds. The molecule has 1 aromatic carbocycles. The number of carbonyl (C=O) groups is 1. The Kier molecular flexibility index (Phi) is 2.22. The first-order valence-electron chi connectivity index (χ1n) is 4.91. The SMILES string of the molecule is O=C1N[CH]SC1=Cc1c[nH]c2ccccc12. The predicted molar refractivity (Wildman–Crippen MR) is 66.3 cm³/mol. The minimum atomic E-state index is -0.0321. The number of carbonyl (C=O) groups excluding carboxylic acids is 1. The van der Waals surface area contributed by atoms with Gasteiger partial charge < -0.3 is 10.3 Å². The van der Waals surface area contributed by atoms with Gasteiger partial charge in [-0.05, 0) is 12.1 Å². The predicted octanol–water partition coefficient (Wildman–Crippen LogP) is 2.49. The Hall–Kier alpha value is -1.68. The summed E-state index contributed by atoms with van der Waals surface area (Å²) in [6, 6.07) is 8.04. The fourth-order valence-electron chi connectivity index (χ4n) is 1.73. The van der Waals surface area contributed by atoms with E-state index in [-0.39, 0.29) is 5.91 Å². The Morgan fingerprint density at radius 3 is 2.94 bits per heavy atom. The molecule has 16 heavy (non-hydrogen) atoms. The number of rotatable bonds is 1. The van der Waals surface area contributed by atoms with Gasteiger partial charge in [0.2, 0.25) is 0 Å². The maximum Gasteiger partial charge on any atom is 0.258 e. The van der Waals surface area contributed by atoms with Gasteiger partial charge in [0, 0.05) is 22.7 Å². The van der Waals surface area contributed by atoms with Crippen LogP contribution in [0.4, 0.5) is 0 Å². The van der Waals surface area contributed by atoms with Crippen molar-refractivity contribution in [1.82, 2.24) is 10.3 Å². The lowest BCUT2D eigenvalue weighted by Crippen LogP contribution is -2.11. The van der Waals surface area contributed by atoms with Crippen LogP contribution in [0.2, 0.25) is 0 Å². The second-order valence-corrected chi connectivity index (χ2v) is 4.42. The van der Waals surface area contributed by atoms with Crippen LogP contribution in [0.25, 0.3) is 17.0 Å². The quantitative estimate of drug-likeness (QED) is 0.738. The molecule has 2 N–H and O–H groups in total. The number of amides is 1. The van der Waals surface area contributed by atoms with Crippen molar-refractivity contribution in [1.29, 1.82) is 0 Å². The summed E-state index contributed by atoms with van der Waals surface area (Å²) in [6.07, 6.45) is 3.83. The highest BCUT2D eigenvalue weighted by atomic mass is 32.2. The number of H-pyrrole nitrogens is 1. The van der Waals surface area contributed by atoms with Gasteiger partial charge in [-0.15, -0.1) is 0 Å². The second-order valence-electron chi connectivity index (χ2n) is 3.51. The Balaban J connectivity index is 2.10. The summed E-state index contributed by atoms with van der Waals surface area (Å²) in [5.74, 6) is 1.67. The van der Waals surface area contributed by atoms with Gasteiger partial charge in [0.05, 0.1) is 4.91 Å². The Labute approximate surface area is 96.9 Å². The molecule has 2 aromatic rings. The largest absolute Gasteiger partial charge is 0.361 e. The van der Waals surface area contributed by atoms with Gasteiger partial charge >= 0.3 is 0 Å². The van der Waals surface area contributed by atoms with Gasteiger partial charge in [-0.25, -0.2) is 0 Å². The van der Waals surface area contributed by atoms with E-state index < -0.39 is 0 Å². The van der Waals surface area contributed by atoms with E-state index in [1.54, 1.807) is 5.88 Å². The standard InChI is InChI=1S/C12H9N2OS/c15-12-11(16-7-14-12)5-8-6-13-10-4-2-1-3-9(8)10/h1-7,13H,(H,14,15). The summed E-state index contributed by atoms with van der Waals surface area (Å²) in [7, 11) is 0. The van der Waals surface area contributed by atoms with Crippen LogP contribution in [0.5, 0.6) is 0 Å². The highest BCUT2D eigenvalue weighted by Gasteiger charge is 2.17. The van der Waals surface area contributed by atoms with E-state index in [2.05, 4.69) is 10.3 Å². The van der Waals surface area contributed by atoms with Gasteiger partial charge in [-0.2, -0.15) is 0 Å². The molecule has 0 unspecified atom stereocenters. The van der Waals surface area contributed by atoms with Gasteiger partial charge in [-0.3, -0.25) is 4.79 Å². The van der Waals surface area contributed by atoms with E-state index in [0.717, 1.165) is 21.4 Å². The molecule has 0 aliphatic carbocycles. The minimum Gasteiger partial charge on any atom is -0.361 e. The second kappa shape index (κ2) is 3.72. The monoisotopic (exact) mass is 229 g/mol. The van der Waals surface area contributed by atoms with E-state index in [1.165, 1.54) is 11.8 Å². The van der Waals surface area contributed by atoms with E-state index in [0.29, 0.717) is 0 Å². The molecule has 1 aliphatic rings. The van der Waals surface area contributed by atoms with Gasteiger partial charge in [0.1, 0.15) is 5.88 Å². The molecular weight excluding hydrogens is 220 g/mol. The van der Waals surface area contributed by atoms with Crippen molar-refractivity contribution in [3.05, 3.63) is 46.8 Å². The number of aromatic amines is 1. The molecule has 1 radical (unpaired) electrons. The number of aromatic nitrogens is 1. The highest BCUT2D eigenvalue weighted by molar-refractivity contribution is 8.06. The van der Waals surface area contributed by atoms with Gasteiger partial charge in [0.15, 0.2) is 0 Å². The number of hydrogen-bond donors (Lipinski definition) is 2. The van der Waals surface area contributed by atoms with E-state index in [4.69, 9.17) is 0 Å². The summed E-state index contributed by atoms with van der Waals surface area (Å²) < 4.78 is 0. The van der Waals surface area contributed by atoms with Crippen LogP contribution in [0.3, 0.4) is 0 Å². The minimum absolute atomic E-state index is 0.0321. The lowest BCUT2D eigenvalue weighted by atomic mass is 10.1. The maximum absolute atomic E-state index is 11.4. The zero-order valence-electron chi connectivity index (χ0n) is 8.36. The van der Waals surface area contributed by atoms with Crippen molar-refractivity contribution >= 4 is 34.6 Å². The van der Waals surface area contributed by atoms with Gasteiger partial charge in [0.25, 0.3) is 5.91 Å². The number of benzene rings is 1. The third-order valence-electron chi connectivity index (χ3n) is 2.51. The first kappa shape index (κ1) is 9.54. The number of para-hydroxylation sites is 1. The van der Waals surface area contributed by atoms with E-state index >= 15 is 0 Å². The van der Waals surface area contributed by atoms with Crippen molar-refractivity contribution in [3.63, 3.8) is 0 Å². The molecule has 2 heterocycles. The number of thioether (sulfide) groups is 1. The lowest BCUT2D eigenvalue weighted by molar-refractivity contribution is -0.115. The zero-order chi connectivity index (χ0) is 11.0. The smallest absolute Gasteiger partial charge is 0.258 e. The van der Waals surface area contributed by atoms with E-state index in [9.17, 15) is 4.79 Å². The van der Waals surface area contributed by atoms with Crippen LogP contribution >= 0.6 is 11.8 Å². The lowest BCUT2D eigenvalue weighted by Gasteiger charge is -1.93. The molecule has 1 fully saturated rings. The summed E-state index contributed by atoms with van der Waals surface area (Å²) in [4.78, 5) is 15.3. The molecule has 1 aromatic heterocycles. The number of hydrogen-bond acceptors (Lipinski definition) is 2. The Bertz CT molecular complexity index is 585. The molecule has 1 saturated heterocycles.